The highest BCUT2D eigenvalue weighted by molar-refractivity contribution is 7.09. The minimum Gasteiger partial charge on any atom is -0.465 e. The normalized spacial score (nSPS) is 10.9. The van der Waals surface area contributed by atoms with E-state index >= 15 is 0 Å². The summed E-state index contributed by atoms with van der Waals surface area (Å²) in [5, 5.41) is 6.29. The Kier molecular flexibility index (Phi) is 3.71. The van der Waals surface area contributed by atoms with Gasteiger partial charge in [0, 0.05) is 18.5 Å². The Hall–Kier alpha value is -1.17. The summed E-state index contributed by atoms with van der Waals surface area (Å²) < 4.78 is 5.45. The van der Waals surface area contributed by atoms with Crippen LogP contribution in [0.2, 0.25) is 0 Å². The molecule has 0 fully saturated rings. The Morgan fingerprint density at radius 2 is 2.31 bits per heavy atom. The van der Waals surface area contributed by atoms with Gasteiger partial charge in [0.2, 0.25) is 0 Å². The number of furan rings is 1. The second kappa shape index (κ2) is 5.25. The van der Waals surface area contributed by atoms with Crippen molar-refractivity contribution in [1.29, 1.82) is 0 Å². The van der Waals surface area contributed by atoms with Crippen molar-refractivity contribution in [2.75, 3.05) is 0 Å². The SMILES string of the molecule is Cc1ccc(CNCc2csc(CN)n2)o1. The highest BCUT2D eigenvalue weighted by atomic mass is 32.1. The van der Waals surface area contributed by atoms with Crippen molar-refractivity contribution in [2.45, 2.75) is 26.6 Å². The third-order valence-electron chi connectivity index (χ3n) is 2.18. The van der Waals surface area contributed by atoms with Gasteiger partial charge in [-0.3, -0.25) is 0 Å². The standard InChI is InChI=1S/C11H15N3OS/c1-8-2-3-10(15-8)6-13-5-9-7-16-11(4-12)14-9/h2-3,7,13H,4-6,12H2,1H3. The number of hydrogen-bond acceptors (Lipinski definition) is 5. The molecule has 0 radical (unpaired) electrons. The fourth-order valence-electron chi connectivity index (χ4n) is 1.42. The molecule has 0 spiro atoms. The molecule has 0 atom stereocenters. The highest BCUT2D eigenvalue weighted by Crippen LogP contribution is 2.09. The van der Waals surface area contributed by atoms with Gasteiger partial charge in [0.1, 0.15) is 16.5 Å². The van der Waals surface area contributed by atoms with E-state index in [1.165, 1.54) is 0 Å². The molecule has 0 aromatic carbocycles. The molecule has 0 aliphatic rings. The Balaban J connectivity index is 1.79. The maximum Gasteiger partial charge on any atom is 0.117 e. The van der Waals surface area contributed by atoms with Gasteiger partial charge in [0.05, 0.1) is 12.2 Å². The monoisotopic (exact) mass is 237 g/mol. The van der Waals surface area contributed by atoms with Crippen LogP contribution in [0.3, 0.4) is 0 Å². The fraction of sp³-hybridized carbons (Fsp3) is 0.364. The second-order valence-electron chi connectivity index (χ2n) is 3.55. The van der Waals surface area contributed by atoms with E-state index in [4.69, 9.17) is 10.2 Å². The number of nitrogens with two attached hydrogens (primary N) is 1. The molecule has 3 N–H and O–H groups in total. The maximum absolute atomic E-state index is 5.50. The third kappa shape index (κ3) is 2.91. The van der Waals surface area contributed by atoms with Gasteiger partial charge >= 0.3 is 0 Å². The first-order valence-electron chi connectivity index (χ1n) is 5.17. The molecule has 16 heavy (non-hydrogen) atoms. The van der Waals surface area contributed by atoms with Gasteiger partial charge in [-0.1, -0.05) is 0 Å². The average molecular weight is 237 g/mol. The molecule has 0 unspecified atom stereocenters. The summed E-state index contributed by atoms with van der Waals surface area (Å²) in [6.07, 6.45) is 0. The van der Waals surface area contributed by atoms with Crippen molar-refractivity contribution in [2.24, 2.45) is 5.73 Å². The first-order chi connectivity index (χ1) is 7.78. The van der Waals surface area contributed by atoms with Gasteiger partial charge < -0.3 is 15.5 Å². The molecular weight excluding hydrogens is 222 g/mol. The average Bonchev–Trinajstić information content (AvgIpc) is 2.88. The van der Waals surface area contributed by atoms with Crippen LogP contribution >= 0.6 is 11.3 Å². The highest BCUT2D eigenvalue weighted by Gasteiger charge is 2.01. The lowest BCUT2D eigenvalue weighted by Gasteiger charge is -1.99. The Morgan fingerprint density at radius 3 is 2.94 bits per heavy atom. The molecule has 0 saturated heterocycles. The Morgan fingerprint density at radius 1 is 1.44 bits per heavy atom. The van der Waals surface area contributed by atoms with Crippen LogP contribution in [-0.2, 0) is 19.6 Å². The second-order valence-corrected chi connectivity index (χ2v) is 4.50. The van der Waals surface area contributed by atoms with E-state index in [9.17, 15) is 0 Å². The predicted octanol–water partition coefficient (Wildman–Crippen LogP) is 1.79. The van der Waals surface area contributed by atoms with Crippen LogP contribution in [0.5, 0.6) is 0 Å². The van der Waals surface area contributed by atoms with Gasteiger partial charge in [-0.05, 0) is 19.1 Å². The molecule has 0 bridgehead atoms. The van der Waals surface area contributed by atoms with Crippen molar-refractivity contribution < 1.29 is 4.42 Å². The van der Waals surface area contributed by atoms with Gasteiger partial charge in [-0.25, -0.2) is 4.98 Å². The third-order valence-corrected chi connectivity index (χ3v) is 3.10. The van der Waals surface area contributed by atoms with Gasteiger partial charge in [0.15, 0.2) is 0 Å². The summed E-state index contributed by atoms with van der Waals surface area (Å²) in [6.45, 7) is 3.93. The molecule has 4 nitrogen and oxygen atoms in total. The first kappa shape index (κ1) is 11.3. The topological polar surface area (TPSA) is 64.1 Å². The van der Waals surface area contributed by atoms with Crippen LogP contribution in [0, 0.1) is 6.92 Å². The van der Waals surface area contributed by atoms with Crippen LogP contribution < -0.4 is 11.1 Å². The molecular formula is C11H15N3OS. The van der Waals surface area contributed by atoms with Crippen molar-refractivity contribution in [3.05, 3.63) is 39.7 Å². The fourth-order valence-corrected chi connectivity index (χ4v) is 2.09. The van der Waals surface area contributed by atoms with E-state index in [0.717, 1.165) is 35.3 Å². The Labute approximate surface area is 98.5 Å². The number of nitrogens with one attached hydrogen (secondary N) is 1. The minimum absolute atomic E-state index is 0.516. The van der Waals surface area contributed by atoms with Gasteiger partial charge in [-0.15, -0.1) is 11.3 Å². The predicted molar refractivity (Wildman–Crippen MR) is 64.0 cm³/mol. The zero-order valence-corrected chi connectivity index (χ0v) is 10.0. The number of aromatic nitrogens is 1. The molecule has 2 aromatic heterocycles. The molecule has 0 amide bonds. The molecule has 2 heterocycles. The van der Waals surface area contributed by atoms with Crippen LogP contribution in [0.15, 0.2) is 21.9 Å². The summed E-state index contributed by atoms with van der Waals surface area (Å²) in [5.74, 6) is 1.89. The zero-order valence-electron chi connectivity index (χ0n) is 9.19. The summed E-state index contributed by atoms with van der Waals surface area (Å²) in [4.78, 5) is 4.37. The number of aryl methyl sites for hydroxylation is 1. The summed E-state index contributed by atoms with van der Waals surface area (Å²) >= 11 is 1.60. The molecule has 2 rings (SSSR count). The first-order valence-corrected chi connectivity index (χ1v) is 6.05. The van der Waals surface area contributed by atoms with Gasteiger partial charge in [-0.2, -0.15) is 0 Å². The van der Waals surface area contributed by atoms with E-state index in [1.807, 2.05) is 24.4 Å². The van der Waals surface area contributed by atoms with Crippen LogP contribution in [0.1, 0.15) is 22.2 Å². The van der Waals surface area contributed by atoms with E-state index in [2.05, 4.69) is 10.3 Å². The van der Waals surface area contributed by atoms with Crippen LogP contribution in [0.4, 0.5) is 0 Å². The summed E-state index contributed by atoms with van der Waals surface area (Å²) in [6, 6.07) is 3.95. The number of thiazole rings is 1. The largest absolute Gasteiger partial charge is 0.465 e. The lowest BCUT2D eigenvalue weighted by Crippen LogP contribution is -2.12. The molecule has 0 aliphatic heterocycles. The smallest absolute Gasteiger partial charge is 0.117 e. The number of hydrogen-bond donors (Lipinski definition) is 2. The van der Waals surface area contributed by atoms with E-state index in [1.54, 1.807) is 11.3 Å². The molecule has 5 heteroatoms. The van der Waals surface area contributed by atoms with Crippen molar-refractivity contribution in [3.63, 3.8) is 0 Å². The number of nitrogens with zero attached hydrogens (tertiary/aromatic N) is 1. The molecule has 0 aliphatic carbocycles. The van der Waals surface area contributed by atoms with Gasteiger partial charge in [0.25, 0.3) is 0 Å². The quantitative estimate of drug-likeness (QED) is 0.832. The van der Waals surface area contributed by atoms with Crippen molar-refractivity contribution in [3.8, 4) is 0 Å². The molecule has 2 aromatic rings. The van der Waals surface area contributed by atoms with Crippen molar-refractivity contribution in [1.82, 2.24) is 10.3 Å². The van der Waals surface area contributed by atoms with E-state index in [-0.39, 0.29) is 0 Å². The van der Waals surface area contributed by atoms with Crippen molar-refractivity contribution >= 4 is 11.3 Å². The lowest BCUT2D eigenvalue weighted by molar-refractivity contribution is 0.461. The Bertz CT molecular complexity index is 450. The van der Waals surface area contributed by atoms with E-state index < -0.39 is 0 Å². The molecule has 86 valence electrons. The van der Waals surface area contributed by atoms with Crippen LogP contribution in [-0.4, -0.2) is 4.98 Å². The maximum atomic E-state index is 5.50. The van der Waals surface area contributed by atoms with E-state index in [0.29, 0.717) is 6.54 Å². The molecule has 0 saturated carbocycles. The summed E-state index contributed by atoms with van der Waals surface area (Å²) in [5.41, 5.74) is 6.53. The zero-order chi connectivity index (χ0) is 11.4. The summed E-state index contributed by atoms with van der Waals surface area (Å²) in [7, 11) is 0. The lowest BCUT2D eigenvalue weighted by atomic mass is 10.4. The number of rotatable bonds is 5. The van der Waals surface area contributed by atoms with Crippen LogP contribution in [0.25, 0.3) is 0 Å². The minimum atomic E-state index is 0.516.